The second kappa shape index (κ2) is 14.8. The Morgan fingerprint density at radius 1 is 0.949 bits per heavy atom. The molecule has 0 saturated heterocycles. The summed E-state index contributed by atoms with van der Waals surface area (Å²) in [4.78, 5) is 36.4. The molecule has 0 fully saturated rings. The molecule has 2 atom stereocenters. The molecule has 3 rings (SSSR count). The van der Waals surface area contributed by atoms with Crippen molar-refractivity contribution in [3.8, 4) is 0 Å². The minimum absolute atomic E-state index is 0.198. The van der Waals surface area contributed by atoms with Gasteiger partial charge in [0.2, 0.25) is 11.8 Å². The Kier molecular flexibility index (Phi) is 11.9. The highest BCUT2D eigenvalue weighted by Gasteiger charge is 2.38. The number of amides is 2. The molecule has 0 aromatic heterocycles. The number of nitrogens with two attached hydrogens (primary N) is 2. The Morgan fingerprint density at radius 2 is 1.54 bits per heavy atom. The number of carboxylic acid groups (broad SMARTS) is 1. The Bertz CT molecular complexity index is 1240. The number of benzene rings is 3. The third kappa shape index (κ3) is 10.0. The van der Waals surface area contributed by atoms with Crippen LogP contribution in [-0.2, 0) is 27.3 Å². The molecule has 210 valence electrons. The second-order valence-electron chi connectivity index (χ2n) is 8.89. The van der Waals surface area contributed by atoms with Gasteiger partial charge in [-0.3, -0.25) is 9.59 Å². The molecule has 0 spiro atoms. The number of carbonyl (C=O) groups is 3. The van der Waals surface area contributed by atoms with Crippen LogP contribution < -0.4 is 16.8 Å². The predicted octanol–water partition coefficient (Wildman–Crippen LogP) is 3.23. The van der Waals surface area contributed by atoms with E-state index < -0.39 is 24.2 Å². The summed E-state index contributed by atoms with van der Waals surface area (Å²) in [5.41, 5.74) is 13.9. The summed E-state index contributed by atoms with van der Waals surface area (Å²) in [5, 5.41) is 12.3. The molecule has 39 heavy (non-hydrogen) atoms. The van der Waals surface area contributed by atoms with Crippen molar-refractivity contribution in [1.82, 2.24) is 10.2 Å². The molecule has 0 bridgehead atoms. The maximum absolute atomic E-state index is 13.1. The first-order valence-corrected chi connectivity index (χ1v) is 12.3. The van der Waals surface area contributed by atoms with Crippen molar-refractivity contribution in [2.75, 3.05) is 13.6 Å². The van der Waals surface area contributed by atoms with Crippen molar-refractivity contribution in [1.29, 1.82) is 0 Å². The number of hydrogen-bond acceptors (Lipinski definition) is 5. The van der Waals surface area contributed by atoms with Crippen molar-refractivity contribution in [3.05, 3.63) is 83.9 Å². The van der Waals surface area contributed by atoms with Gasteiger partial charge in [-0.15, -0.1) is 0 Å². The smallest absolute Gasteiger partial charge is 0.475 e. The standard InChI is InChI=1S/C26H32N4O2.C2HF3O2/c1-30(24(12-7-15-27)25(31)29-18-19-8-3-2-4-9-19)26(32)23(28)17-20-13-14-21-10-5-6-11-22(21)16-20;3-2(4,5)1(6)7/h2-6,8-11,13-14,16,23-24H,7,12,15,17-18,27-28H2,1H3,(H,29,31);(H,6,7)/t23-,24-;/m0./s1. The summed E-state index contributed by atoms with van der Waals surface area (Å²) in [6.45, 7) is 0.859. The Morgan fingerprint density at radius 3 is 2.13 bits per heavy atom. The van der Waals surface area contributed by atoms with Gasteiger partial charge < -0.3 is 26.8 Å². The van der Waals surface area contributed by atoms with E-state index in [1.54, 1.807) is 7.05 Å². The average Bonchev–Trinajstić information content (AvgIpc) is 2.91. The number of carboxylic acids is 1. The van der Waals surface area contributed by atoms with Gasteiger partial charge in [-0.25, -0.2) is 4.79 Å². The van der Waals surface area contributed by atoms with Crippen molar-refractivity contribution < 1.29 is 32.7 Å². The Hall–Kier alpha value is -3.96. The Balaban J connectivity index is 0.000000673. The van der Waals surface area contributed by atoms with Crippen LogP contribution in [-0.4, -0.2) is 59.6 Å². The highest BCUT2D eigenvalue weighted by molar-refractivity contribution is 5.90. The molecule has 8 nitrogen and oxygen atoms in total. The van der Waals surface area contributed by atoms with E-state index in [4.69, 9.17) is 21.4 Å². The SMILES string of the molecule is CN(C(=O)[C@@H](N)Cc1ccc2ccccc2c1)[C@@H](CCCN)C(=O)NCc1ccccc1.O=C(O)C(F)(F)F. The van der Waals surface area contributed by atoms with Crippen LogP contribution in [0.2, 0.25) is 0 Å². The van der Waals surface area contributed by atoms with Crippen molar-refractivity contribution in [2.24, 2.45) is 11.5 Å². The minimum atomic E-state index is -5.08. The number of rotatable bonds is 10. The number of carbonyl (C=O) groups excluding carboxylic acids is 2. The molecular weight excluding hydrogens is 513 g/mol. The summed E-state index contributed by atoms with van der Waals surface area (Å²) in [6.07, 6.45) is -3.55. The van der Waals surface area contributed by atoms with E-state index in [1.165, 1.54) is 4.90 Å². The lowest BCUT2D eigenvalue weighted by molar-refractivity contribution is -0.192. The monoisotopic (exact) mass is 546 g/mol. The van der Waals surface area contributed by atoms with Crippen LogP contribution in [0, 0.1) is 0 Å². The molecule has 11 heteroatoms. The molecule has 6 N–H and O–H groups in total. The van der Waals surface area contributed by atoms with Crippen LogP contribution in [0.4, 0.5) is 13.2 Å². The maximum atomic E-state index is 13.1. The van der Waals surface area contributed by atoms with Crippen molar-refractivity contribution in [2.45, 2.75) is 44.1 Å². The van der Waals surface area contributed by atoms with Crippen LogP contribution >= 0.6 is 0 Å². The lowest BCUT2D eigenvalue weighted by Crippen LogP contribution is -2.52. The lowest BCUT2D eigenvalue weighted by Gasteiger charge is -2.29. The molecule has 0 radical (unpaired) electrons. The summed E-state index contributed by atoms with van der Waals surface area (Å²) >= 11 is 0. The number of alkyl halides is 3. The molecule has 3 aromatic carbocycles. The number of fused-ring (bicyclic) bond motifs is 1. The van der Waals surface area contributed by atoms with Gasteiger partial charge in [0, 0.05) is 13.6 Å². The Labute approximate surface area is 224 Å². The van der Waals surface area contributed by atoms with Gasteiger partial charge in [0.05, 0.1) is 6.04 Å². The number of nitrogens with zero attached hydrogens (tertiary/aromatic N) is 1. The van der Waals surface area contributed by atoms with Crippen LogP contribution in [0.1, 0.15) is 24.0 Å². The summed E-state index contributed by atoms with van der Waals surface area (Å²) in [5.74, 6) is -3.21. The van der Waals surface area contributed by atoms with E-state index in [0.29, 0.717) is 32.4 Å². The van der Waals surface area contributed by atoms with E-state index in [-0.39, 0.29) is 11.8 Å². The van der Waals surface area contributed by atoms with Gasteiger partial charge in [-0.05, 0) is 47.7 Å². The maximum Gasteiger partial charge on any atom is 0.490 e. The minimum Gasteiger partial charge on any atom is -0.475 e. The third-order valence-electron chi connectivity index (χ3n) is 5.94. The first kappa shape index (κ1) is 31.3. The topological polar surface area (TPSA) is 139 Å². The van der Waals surface area contributed by atoms with Gasteiger partial charge in [0.15, 0.2) is 0 Å². The number of aliphatic carboxylic acids is 1. The molecule has 0 aliphatic carbocycles. The molecule has 0 saturated carbocycles. The van der Waals surface area contributed by atoms with Gasteiger partial charge in [-0.1, -0.05) is 72.8 Å². The number of hydrogen-bond donors (Lipinski definition) is 4. The predicted molar refractivity (Wildman–Crippen MR) is 142 cm³/mol. The summed E-state index contributed by atoms with van der Waals surface area (Å²) in [7, 11) is 1.64. The fourth-order valence-corrected chi connectivity index (χ4v) is 3.84. The fourth-order valence-electron chi connectivity index (χ4n) is 3.84. The zero-order chi connectivity index (χ0) is 29.0. The molecule has 0 aliphatic rings. The summed E-state index contributed by atoms with van der Waals surface area (Å²) in [6, 6.07) is 22.5. The first-order valence-electron chi connectivity index (χ1n) is 12.3. The van der Waals surface area contributed by atoms with E-state index in [1.807, 2.05) is 66.7 Å². The number of halogens is 3. The van der Waals surface area contributed by atoms with Crippen molar-refractivity contribution >= 4 is 28.6 Å². The highest BCUT2D eigenvalue weighted by Crippen LogP contribution is 2.17. The van der Waals surface area contributed by atoms with E-state index >= 15 is 0 Å². The van der Waals surface area contributed by atoms with Gasteiger partial charge in [-0.2, -0.15) is 13.2 Å². The van der Waals surface area contributed by atoms with E-state index in [0.717, 1.165) is 21.9 Å². The fraction of sp³-hybridized carbons (Fsp3) is 0.321. The van der Waals surface area contributed by atoms with Gasteiger partial charge >= 0.3 is 12.1 Å². The number of likely N-dealkylation sites (N-methyl/N-ethyl adjacent to an activating group) is 1. The normalized spacial score (nSPS) is 12.6. The molecule has 0 aliphatic heterocycles. The largest absolute Gasteiger partial charge is 0.490 e. The van der Waals surface area contributed by atoms with E-state index in [2.05, 4.69) is 11.4 Å². The summed E-state index contributed by atoms with van der Waals surface area (Å²) < 4.78 is 31.7. The lowest BCUT2D eigenvalue weighted by atomic mass is 10.0. The molecule has 0 heterocycles. The van der Waals surface area contributed by atoms with Crippen molar-refractivity contribution in [3.63, 3.8) is 0 Å². The quantitative estimate of drug-likeness (QED) is 0.308. The van der Waals surface area contributed by atoms with Gasteiger partial charge in [0.1, 0.15) is 6.04 Å². The van der Waals surface area contributed by atoms with Crippen LogP contribution in [0.15, 0.2) is 72.8 Å². The first-order chi connectivity index (χ1) is 18.4. The zero-order valence-electron chi connectivity index (χ0n) is 21.5. The van der Waals surface area contributed by atoms with Gasteiger partial charge in [0.25, 0.3) is 0 Å². The molecular formula is C28H33F3N4O4. The molecule has 0 unspecified atom stereocenters. The molecule has 2 amide bonds. The highest BCUT2D eigenvalue weighted by atomic mass is 19.4. The van der Waals surface area contributed by atoms with Crippen LogP contribution in [0.5, 0.6) is 0 Å². The average molecular weight is 547 g/mol. The zero-order valence-corrected chi connectivity index (χ0v) is 21.5. The van der Waals surface area contributed by atoms with Crippen LogP contribution in [0.25, 0.3) is 10.8 Å². The number of nitrogens with one attached hydrogen (secondary N) is 1. The second-order valence-corrected chi connectivity index (χ2v) is 8.89. The van der Waals surface area contributed by atoms with E-state index in [9.17, 15) is 22.8 Å². The van der Waals surface area contributed by atoms with Crippen LogP contribution in [0.3, 0.4) is 0 Å². The third-order valence-corrected chi connectivity index (χ3v) is 5.94. The molecule has 3 aromatic rings.